The molecule has 35 heavy (non-hydrogen) atoms. The highest BCUT2D eigenvalue weighted by molar-refractivity contribution is 6.06. The van der Waals surface area contributed by atoms with Gasteiger partial charge in [0, 0.05) is 24.3 Å². The van der Waals surface area contributed by atoms with Crippen molar-refractivity contribution in [1.82, 2.24) is 9.55 Å². The van der Waals surface area contributed by atoms with Crippen molar-refractivity contribution in [1.29, 1.82) is 0 Å². The molecule has 3 aromatic carbocycles. The van der Waals surface area contributed by atoms with Gasteiger partial charge in [-0.05, 0) is 55.7 Å². The summed E-state index contributed by atoms with van der Waals surface area (Å²) in [6.45, 7) is 2.17. The highest BCUT2D eigenvalue weighted by Gasteiger charge is 2.35. The molecule has 0 saturated heterocycles. The van der Waals surface area contributed by atoms with Gasteiger partial charge in [-0.25, -0.2) is 4.98 Å². The molecule has 1 aliphatic rings. The molecule has 1 atom stereocenters. The average Bonchev–Trinajstić information content (AvgIpc) is 2.89. The maximum atomic E-state index is 13.5. The van der Waals surface area contributed by atoms with E-state index in [0.29, 0.717) is 29.4 Å². The molecule has 2 amide bonds. The summed E-state index contributed by atoms with van der Waals surface area (Å²) in [5.74, 6) is -0.428. The van der Waals surface area contributed by atoms with Crippen LogP contribution in [-0.2, 0) is 22.6 Å². The Kier molecular flexibility index (Phi) is 6.14. The Morgan fingerprint density at radius 2 is 1.74 bits per heavy atom. The molecule has 4 aromatic rings. The highest BCUT2D eigenvalue weighted by atomic mass is 16.2. The minimum atomic E-state index is -0.634. The number of fused-ring (bicyclic) bond motifs is 2. The molecular weight excluding hydrogens is 440 g/mol. The van der Waals surface area contributed by atoms with E-state index in [-0.39, 0.29) is 30.3 Å². The van der Waals surface area contributed by atoms with Gasteiger partial charge in [-0.15, -0.1) is 0 Å². The van der Waals surface area contributed by atoms with Gasteiger partial charge in [0.1, 0.15) is 6.04 Å². The lowest BCUT2D eigenvalue weighted by molar-refractivity contribution is -0.124. The van der Waals surface area contributed by atoms with E-state index in [1.54, 1.807) is 23.1 Å². The summed E-state index contributed by atoms with van der Waals surface area (Å²) in [6, 6.07) is 21.8. The van der Waals surface area contributed by atoms with E-state index in [1.165, 1.54) is 10.9 Å². The first-order chi connectivity index (χ1) is 17.0. The lowest BCUT2D eigenvalue weighted by atomic mass is 9.94. The first-order valence-corrected chi connectivity index (χ1v) is 11.7. The van der Waals surface area contributed by atoms with Crippen molar-refractivity contribution in [2.75, 3.05) is 10.2 Å². The van der Waals surface area contributed by atoms with Crippen LogP contribution in [0.4, 0.5) is 11.4 Å². The number of benzene rings is 3. The monoisotopic (exact) mass is 466 g/mol. The molecule has 0 spiro atoms. The zero-order chi connectivity index (χ0) is 24.4. The maximum absolute atomic E-state index is 13.5. The van der Waals surface area contributed by atoms with Gasteiger partial charge in [0.15, 0.2) is 0 Å². The second-order valence-corrected chi connectivity index (χ2v) is 8.81. The third kappa shape index (κ3) is 4.57. The summed E-state index contributed by atoms with van der Waals surface area (Å²) in [5.41, 5.74) is 4.01. The topological polar surface area (TPSA) is 84.3 Å². The van der Waals surface area contributed by atoms with Gasteiger partial charge in [-0.3, -0.25) is 23.9 Å². The molecule has 0 radical (unpaired) electrons. The van der Waals surface area contributed by atoms with Crippen molar-refractivity contribution in [3.05, 3.63) is 101 Å². The van der Waals surface area contributed by atoms with Crippen molar-refractivity contribution >= 4 is 34.1 Å². The Bertz CT molecular complexity index is 1460. The van der Waals surface area contributed by atoms with Crippen LogP contribution < -0.4 is 15.8 Å². The molecular formula is C28H26N4O3. The molecule has 0 saturated carbocycles. The van der Waals surface area contributed by atoms with E-state index < -0.39 is 6.04 Å². The molecule has 1 aliphatic heterocycles. The number of nitrogens with zero attached hydrogens (tertiary/aromatic N) is 3. The van der Waals surface area contributed by atoms with Crippen molar-refractivity contribution in [3.63, 3.8) is 0 Å². The fourth-order valence-corrected chi connectivity index (χ4v) is 4.57. The van der Waals surface area contributed by atoms with Gasteiger partial charge in [0.25, 0.3) is 5.56 Å². The Hall–Kier alpha value is -4.26. The van der Waals surface area contributed by atoms with Crippen molar-refractivity contribution < 1.29 is 9.59 Å². The Morgan fingerprint density at radius 1 is 1.00 bits per heavy atom. The van der Waals surface area contributed by atoms with Crippen LogP contribution in [0, 0.1) is 6.92 Å². The number of aromatic nitrogens is 2. The standard InChI is InChI=1S/C28H26N4O3/c1-19-10-13-21(14-11-19)30-27(34)25-15-12-20-6-2-5-9-24(20)32(25)26(33)16-17-31-18-29-23-8-4-3-7-22(23)28(31)35/h2-11,13-14,18,25H,12,15-17H2,1H3,(H,30,34). The van der Waals surface area contributed by atoms with Gasteiger partial charge in [0.05, 0.1) is 17.2 Å². The summed E-state index contributed by atoms with van der Waals surface area (Å²) in [5, 5.41) is 3.47. The molecule has 2 heterocycles. The van der Waals surface area contributed by atoms with Crippen LogP contribution in [0.3, 0.4) is 0 Å². The Labute approximate surface area is 203 Å². The maximum Gasteiger partial charge on any atom is 0.261 e. The number of aryl methyl sites for hydroxylation is 3. The Balaban J connectivity index is 1.39. The fourth-order valence-electron chi connectivity index (χ4n) is 4.57. The second kappa shape index (κ2) is 9.54. The smallest absolute Gasteiger partial charge is 0.261 e. The lowest BCUT2D eigenvalue weighted by Crippen LogP contribution is -2.50. The molecule has 0 bridgehead atoms. The molecule has 5 rings (SSSR count). The number of para-hydroxylation sites is 2. The van der Waals surface area contributed by atoms with Crippen LogP contribution in [0.5, 0.6) is 0 Å². The summed E-state index contributed by atoms with van der Waals surface area (Å²) < 4.78 is 1.46. The van der Waals surface area contributed by atoms with E-state index in [4.69, 9.17) is 0 Å². The van der Waals surface area contributed by atoms with Crippen LogP contribution in [0.2, 0.25) is 0 Å². The molecule has 7 heteroatoms. The summed E-state index contributed by atoms with van der Waals surface area (Å²) in [6.07, 6.45) is 2.78. The predicted octanol–water partition coefficient (Wildman–Crippen LogP) is 4.08. The van der Waals surface area contributed by atoms with Crippen molar-refractivity contribution in [3.8, 4) is 0 Å². The van der Waals surface area contributed by atoms with Gasteiger partial charge in [-0.1, -0.05) is 48.0 Å². The van der Waals surface area contributed by atoms with E-state index in [2.05, 4.69) is 10.3 Å². The van der Waals surface area contributed by atoms with E-state index in [0.717, 1.165) is 16.8 Å². The van der Waals surface area contributed by atoms with E-state index >= 15 is 0 Å². The number of carbonyl (C=O) groups excluding carboxylic acids is 2. The normalized spacial score (nSPS) is 15.0. The van der Waals surface area contributed by atoms with E-state index in [9.17, 15) is 14.4 Å². The van der Waals surface area contributed by atoms with Crippen LogP contribution >= 0.6 is 0 Å². The zero-order valence-electron chi connectivity index (χ0n) is 19.5. The summed E-state index contributed by atoms with van der Waals surface area (Å²) >= 11 is 0. The number of hydrogen-bond acceptors (Lipinski definition) is 4. The number of rotatable bonds is 5. The quantitative estimate of drug-likeness (QED) is 0.480. The molecule has 0 fully saturated rings. The van der Waals surface area contributed by atoms with Gasteiger partial charge in [0.2, 0.25) is 11.8 Å². The summed E-state index contributed by atoms with van der Waals surface area (Å²) in [7, 11) is 0. The van der Waals surface area contributed by atoms with Crippen LogP contribution in [0.1, 0.15) is 24.0 Å². The predicted molar refractivity (Wildman–Crippen MR) is 136 cm³/mol. The molecule has 176 valence electrons. The van der Waals surface area contributed by atoms with Gasteiger partial charge in [-0.2, -0.15) is 0 Å². The first-order valence-electron chi connectivity index (χ1n) is 11.7. The number of nitrogens with one attached hydrogen (secondary N) is 1. The Morgan fingerprint density at radius 3 is 2.57 bits per heavy atom. The van der Waals surface area contributed by atoms with Crippen molar-refractivity contribution in [2.24, 2.45) is 0 Å². The molecule has 0 aliphatic carbocycles. The highest BCUT2D eigenvalue weighted by Crippen LogP contribution is 2.32. The number of anilines is 2. The van der Waals surface area contributed by atoms with E-state index in [1.807, 2.05) is 61.5 Å². The SMILES string of the molecule is Cc1ccc(NC(=O)C2CCc3ccccc3N2C(=O)CCn2cnc3ccccc3c2=O)cc1. The molecule has 1 N–H and O–H groups in total. The molecule has 1 unspecified atom stereocenters. The fraction of sp³-hybridized carbons (Fsp3) is 0.214. The minimum absolute atomic E-state index is 0.0720. The first kappa shape index (κ1) is 22.5. The zero-order valence-corrected chi connectivity index (χ0v) is 19.5. The minimum Gasteiger partial charge on any atom is -0.324 e. The number of hydrogen-bond donors (Lipinski definition) is 1. The summed E-state index contributed by atoms with van der Waals surface area (Å²) in [4.78, 5) is 45.6. The lowest BCUT2D eigenvalue weighted by Gasteiger charge is -2.36. The average molecular weight is 467 g/mol. The third-order valence-electron chi connectivity index (χ3n) is 6.44. The van der Waals surface area contributed by atoms with Crippen molar-refractivity contribution in [2.45, 2.75) is 38.8 Å². The molecule has 1 aromatic heterocycles. The van der Waals surface area contributed by atoms with Crippen LogP contribution in [0.25, 0.3) is 10.9 Å². The van der Waals surface area contributed by atoms with Gasteiger partial charge < -0.3 is 5.32 Å². The third-order valence-corrected chi connectivity index (χ3v) is 6.44. The number of amides is 2. The van der Waals surface area contributed by atoms with Gasteiger partial charge >= 0.3 is 0 Å². The van der Waals surface area contributed by atoms with Crippen LogP contribution in [0.15, 0.2) is 83.9 Å². The largest absolute Gasteiger partial charge is 0.324 e. The second-order valence-electron chi connectivity index (χ2n) is 8.81. The number of carbonyl (C=O) groups is 2. The van der Waals surface area contributed by atoms with Crippen LogP contribution in [-0.4, -0.2) is 27.4 Å². The molecule has 7 nitrogen and oxygen atoms in total.